The van der Waals surface area contributed by atoms with E-state index < -0.39 is 0 Å². The van der Waals surface area contributed by atoms with E-state index in [-0.39, 0.29) is 48.5 Å². The van der Waals surface area contributed by atoms with Gasteiger partial charge in [0, 0.05) is 43.7 Å². The zero-order chi connectivity index (χ0) is 21.6. The number of rotatable bonds is 6. The molecule has 0 aromatic heterocycles. The first kappa shape index (κ1) is 25.0. The molecule has 2 aliphatic heterocycles. The standard InChI is InChI=1S/C23H33FN4O3.HI/c1-2-25-23(27-20-8-10-28(13-20)22(29)16-5-3-4-6-16)26-9-7-17-11-19(24)12-18-14-30-15-31-21(17)18;/h11-12,16,20H,2-10,13-15H2,1H3,(H2,25,26,27);1H. The van der Waals surface area contributed by atoms with Gasteiger partial charge in [0.25, 0.3) is 0 Å². The van der Waals surface area contributed by atoms with E-state index in [2.05, 4.69) is 15.6 Å². The number of benzene rings is 1. The summed E-state index contributed by atoms with van der Waals surface area (Å²) in [6.45, 7) is 5.37. The average Bonchev–Trinajstić information content (AvgIpc) is 3.46. The molecular weight excluding hydrogens is 526 g/mol. The van der Waals surface area contributed by atoms with Crippen LogP contribution < -0.4 is 15.4 Å². The molecule has 2 fully saturated rings. The third kappa shape index (κ3) is 6.24. The van der Waals surface area contributed by atoms with Gasteiger partial charge in [-0.3, -0.25) is 9.79 Å². The summed E-state index contributed by atoms with van der Waals surface area (Å²) in [7, 11) is 0. The molecule has 2 N–H and O–H groups in total. The Hall–Kier alpha value is -1.62. The molecule has 4 rings (SSSR count). The van der Waals surface area contributed by atoms with Crippen LogP contribution in [0.2, 0.25) is 0 Å². The number of hydrogen-bond acceptors (Lipinski definition) is 4. The number of carbonyl (C=O) groups is 1. The van der Waals surface area contributed by atoms with E-state index in [1.165, 1.54) is 25.0 Å². The van der Waals surface area contributed by atoms with Gasteiger partial charge >= 0.3 is 0 Å². The summed E-state index contributed by atoms with van der Waals surface area (Å²) < 4.78 is 24.8. The zero-order valence-corrected chi connectivity index (χ0v) is 21.0. The van der Waals surface area contributed by atoms with Gasteiger partial charge in [0.1, 0.15) is 11.6 Å². The molecular formula is C23H34FIN4O3. The van der Waals surface area contributed by atoms with Crippen molar-refractivity contribution in [3.8, 4) is 5.75 Å². The lowest BCUT2D eigenvalue weighted by Gasteiger charge is -2.22. The van der Waals surface area contributed by atoms with Gasteiger partial charge in [-0.1, -0.05) is 12.8 Å². The summed E-state index contributed by atoms with van der Waals surface area (Å²) in [5.41, 5.74) is 1.56. The number of amides is 1. The second-order valence-corrected chi connectivity index (χ2v) is 8.57. The molecule has 0 radical (unpaired) electrons. The first-order valence-electron chi connectivity index (χ1n) is 11.5. The van der Waals surface area contributed by atoms with Gasteiger partial charge in [0.15, 0.2) is 12.8 Å². The third-order valence-corrected chi connectivity index (χ3v) is 6.29. The number of aliphatic imine (C=N–C) groups is 1. The molecule has 0 spiro atoms. The van der Waals surface area contributed by atoms with Crippen molar-refractivity contribution < 1.29 is 18.7 Å². The molecule has 1 aromatic rings. The number of carbonyl (C=O) groups excluding carboxylic acids is 1. The molecule has 1 unspecified atom stereocenters. The van der Waals surface area contributed by atoms with Crippen molar-refractivity contribution in [2.45, 2.75) is 58.1 Å². The Labute approximate surface area is 206 Å². The van der Waals surface area contributed by atoms with Gasteiger partial charge in [-0.15, -0.1) is 24.0 Å². The summed E-state index contributed by atoms with van der Waals surface area (Å²) >= 11 is 0. The summed E-state index contributed by atoms with van der Waals surface area (Å²) in [5.74, 6) is 1.72. The Kier molecular flexibility index (Phi) is 9.39. The van der Waals surface area contributed by atoms with Gasteiger partial charge < -0.3 is 25.0 Å². The van der Waals surface area contributed by atoms with Crippen molar-refractivity contribution in [3.63, 3.8) is 0 Å². The Morgan fingerprint density at radius 1 is 1.28 bits per heavy atom. The predicted octanol–water partition coefficient (Wildman–Crippen LogP) is 3.20. The highest BCUT2D eigenvalue weighted by molar-refractivity contribution is 14.0. The minimum atomic E-state index is -0.283. The van der Waals surface area contributed by atoms with Crippen LogP contribution in [0, 0.1) is 11.7 Å². The highest BCUT2D eigenvalue weighted by Gasteiger charge is 2.32. The fourth-order valence-electron chi connectivity index (χ4n) is 4.75. The van der Waals surface area contributed by atoms with Crippen molar-refractivity contribution in [1.29, 1.82) is 0 Å². The SMILES string of the molecule is CCNC(=NCCc1cc(F)cc2c1OCOC2)NC1CCN(C(=O)C2CCCC2)C1.I. The van der Waals surface area contributed by atoms with Crippen LogP contribution in [-0.4, -0.2) is 55.8 Å². The van der Waals surface area contributed by atoms with Crippen LogP contribution in [0.4, 0.5) is 4.39 Å². The topological polar surface area (TPSA) is 75.2 Å². The molecule has 1 aliphatic carbocycles. The zero-order valence-electron chi connectivity index (χ0n) is 18.7. The van der Waals surface area contributed by atoms with Crippen LogP contribution in [0.1, 0.15) is 50.2 Å². The maximum atomic E-state index is 13.9. The molecule has 1 aromatic carbocycles. The second kappa shape index (κ2) is 12.0. The Morgan fingerprint density at radius 3 is 2.88 bits per heavy atom. The minimum Gasteiger partial charge on any atom is -0.467 e. The van der Waals surface area contributed by atoms with Crippen molar-refractivity contribution >= 4 is 35.8 Å². The largest absolute Gasteiger partial charge is 0.467 e. The maximum absolute atomic E-state index is 13.9. The molecule has 178 valence electrons. The molecule has 7 nitrogen and oxygen atoms in total. The van der Waals surface area contributed by atoms with Gasteiger partial charge in [-0.05, 0) is 50.3 Å². The Morgan fingerprint density at radius 2 is 2.09 bits per heavy atom. The number of hydrogen-bond donors (Lipinski definition) is 2. The molecule has 2 heterocycles. The molecule has 9 heteroatoms. The van der Waals surface area contributed by atoms with Crippen LogP contribution in [0.25, 0.3) is 0 Å². The van der Waals surface area contributed by atoms with E-state index in [9.17, 15) is 9.18 Å². The number of nitrogens with one attached hydrogen (secondary N) is 2. The number of guanidine groups is 1. The van der Waals surface area contributed by atoms with Crippen molar-refractivity contribution in [2.75, 3.05) is 33.0 Å². The third-order valence-electron chi connectivity index (χ3n) is 6.29. The monoisotopic (exact) mass is 560 g/mol. The van der Waals surface area contributed by atoms with Gasteiger partial charge in [0.05, 0.1) is 6.61 Å². The lowest BCUT2D eigenvalue weighted by molar-refractivity contribution is -0.134. The Bertz CT molecular complexity index is 817. The fraction of sp³-hybridized carbons (Fsp3) is 0.652. The number of nitrogens with zero attached hydrogens (tertiary/aromatic N) is 2. The fourth-order valence-corrected chi connectivity index (χ4v) is 4.75. The maximum Gasteiger partial charge on any atom is 0.225 e. The molecule has 1 atom stereocenters. The van der Waals surface area contributed by atoms with E-state index in [1.54, 1.807) is 0 Å². The van der Waals surface area contributed by atoms with Crippen molar-refractivity contribution in [1.82, 2.24) is 15.5 Å². The molecule has 1 amide bonds. The first-order chi connectivity index (χ1) is 15.1. The molecule has 3 aliphatic rings. The highest BCUT2D eigenvalue weighted by Crippen LogP contribution is 2.30. The second-order valence-electron chi connectivity index (χ2n) is 8.57. The van der Waals surface area contributed by atoms with E-state index >= 15 is 0 Å². The predicted molar refractivity (Wildman–Crippen MR) is 132 cm³/mol. The van der Waals surface area contributed by atoms with Gasteiger partial charge in [-0.2, -0.15) is 0 Å². The first-order valence-corrected chi connectivity index (χ1v) is 11.5. The average molecular weight is 560 g/mol. The van der Waals surface area contributed by atoms with E-state index in [1.807, 2.05) is 11.8 Å². The van der Waals surface area contributed by atoms with Gasteiger partial charge in [-0.25, -0.2) is 4.39 Å². The lowest BCUT2D eigenvalue weighted by atomic mass is 10.1. The molecule has 1 saturated heterocycles. The molecule has 0 bridgehead atoms. The molecule has 1 saturated carbocycles. The number of fused-ring (bicyclic) bond motifs is 1. The van der Waals surface area contributed by atoms with Crippen LogP contribution >= 0.6 is 24.0 Å². The van der Waals surface area contributed by atoms with Crippen molar-refractivity contribution in [2.24, 2.45) is 10.9 Å². The Balaban J connectivity index is 0.00000289. The van der Waals surface area contributed by atoms with Crippen LogP contribution in [0.15, 0.2) is 17.1 Å². The number of halogens is 2. The van der Waals surface area contributed by atoms with Crippen LogP contribution in [-0.2, 0) is 22.6 Å². The van der Waals surface area contributed by atoms with E-state index in [4.69, 9.17) is 9.47 Å². The normalized spacial score (nSPS) is 21.0. The number of ether oxygens (including phenoxy) is 2. The quantitative estimate of drug-likeness (QED) is 0.318. The summed E-state index contributed by atoms with van der Waals surface area (Å²) in [5, 5.41) is 6.75. The van der Waals surface area contributed by atoms with E-state index in [0.717, 1.165) is 61.7 Å². The summed E-state index contributed by atoms with van der Waals surface area (Å²) in [6.07, 6.45) is 5.93. The summed E-state index contributed by atoms with van der Waals surface area (Å²) in [4.78, 5) is 19.4. The van der Waals surface area contributed by atoms with Crippen LogP contribution in [0.5, 0.6) is 5.75 Å². The smallest absolute Gasteiger partial charge is 0.225 e. The van der Waals surface area contributed by atoms with E-state index in [0.29, 0.717) is 25.5 Å². The van der Waals surface area contributed by atoms with Crippen LogP contribution in [0.3, 0.4) is 0 Å². The lowest BCUT2D eigenvalue weighted by Crippen LogP contribution is -2.45. The minimum absolute atomic E-state index is 0. The van der Waals surface area contributed by atoms with Gasteiger partial charge in [0.2, 0.25) is 5.91 Å². The molecule has 32 heavy (non-hydrogen) atoms. The highest BCUT2D eigenvalue weighted by atomic mass is 127. The number of likely N-dealkylation sites (tertiary alicyclic amines) is 1. The summed E-state index contributed by atoms with van der Waals surface area (Å²) in [6, 6.07) is 3.18. The van der Waals surface area contributed by atoms with Crippen molar-refractivity contribution in [3.05, 3.63) is 29.1 Å².